The summed E-state index contributed by atoms with van der Waals surface area (Å²) < 4.78 is 26.8. The van der Waals surface area contributed by atoms with Crippen molar-refractivity contribution in [2.75, 3.05) is 12.3 Å². The average Bonchev–Trinajstić information content (AvgIpc) is 3.80. The van der Waals surface area contributed by atoms with Crippen LogP contribution in [0.4, 0.5) is 0 Å². The molecular formula is C39H58N2O7S. The fourth-order valence-electron chi connectivity index (χ4n) is 8.80. The lowest BCUT2D eigenvalue weighted by atomic mass is 9.73. The summed E-state index contributed by atoms with van der Waals surface area (Å²) in [4.78, 5) is 68.7. The predicted molar refractivity (Wildman–Crippen MR) is 190 cm³/mol. The number of sulfone groups is 1. The normalized spacial score (nSPS) is 24.1. The second kappa shape index (κ2) is 14.4. The number of hydrogen-bond acceptors (Lipinski definition) is 7. The third-order valence-electron chi connectivity index (χ3n) is 11.3. The molecule has 3 aliphatic rings. The van der Waals surface area contributed by atoms with E-state index in [1.165, 1.54) is 0 Å². The molecule has 2 aliphatic carbocycles. The van der Waals surface area contributed by atoms with E-state index < -0.39 is 50.2 Å². The minimum atomic E-state index is -3.54. The van der Waals surface area contributed by atoms with Gasteiger partial charge in [0.1, 0.15) is 5.78 Å². The highest BCUT2D eigenvalue weighted by Gasteiger charge is 2.69. The van der Waals surface area contributed by atoms with Gasteiger partial charge >= 0.3 is 0 Å². The van der Waals surface area contributed by atoms with Crippen LogP contribution >= 0.6 is 0 Å². The molecule has 0 aromatic heterocycles. The van der Waals surface area contributed by atoms with Gasteiger partial charge in [-0.2, -0.15) is 0 Å². The largest absolute Gasteiger partial charge is 0.363 e. The first-order chi connectivity index (χ1) is 22.5. The fraction of sp³-hybridized carbons (Fsp3) is 0.718. The summed E-state index contributed by atoms with van der Waals surface area (Å²) in [6.45, 7) is 16.2. The molecule has 1 aromatic rings. The number of fused-ring (bicyclic) bond motifs is 1. The number of likely N-dealkylation sites (tertiary alicyclic amines) is 1. The molecule has 2 saturated carbocycles. The van der Waals surface area contributed by atoms with E-state index in [4.69, 9.17) is 5.73 Å². The fourth-order valence-corrected chi connectivity index (χ4v) is 10.9. The molecule has 4 rings (SSSR count). The molecule has 272 valence electrons. The summed E-state index contributed by atoms with van der Waals surface area (Å²) in [5.41, 5.74) is 4.48. The van der Waals surface area contributed by atoms with E-state index in [0.29, 0.717) is 30.9 Å². The molecule has 1 aromatic carbocycles. The maximum atomic E-state index is 14.5. The van der Waals surface area contributed by atoms with Crippen molar-refractivity contribution >= 4 is 39.0 Å². The highest BCUT2D eigenvalue weighted by molar-refractivity contribution is 7.90. The van der Waals surface area contributed by atoms with Crippen molar-refractivity contribution < 1.29 is 32.4 Å². The molecule has 2 amide bonds. The van der Waals surface area contributed by atoms with E-state index >= 15 is 0 Å². The third kappa shape index (κ3) is 9.67. The predicted octanol–water partition coefficient (Wildman–Crippen LogP) is 5.58. The molecule has 49 heavy (non-hydrogen) atoms. The molecular weight excluding hydrogens is 641 g/mol. The Morgan fingerprint density at radius 3 is 2.12 bits per heavy atom. The van der Waals surface area contributed by atoms with Crippen LogP contribution in [0.5, 0.6) is 0 Å². The van der Waals surface area contributed by atoms with Gasteiger partial charge in [0.05, 0.1) is 17.5 Å². The molecule has 2 N–H and O–H groups in total. The van der Waals surface area contributed by atoms with Gasteiger partial charge in [0.15, 0.2) is 15.6 Å². The Bertz CT molecular complexity index is 1540. The molecule has 0 bridgehead atoms. The maximum Gasteiger partial charge on any atom is 0.285 e. The number of Topliss-reactive ketones (excluding diaryl/α,β-unsaturated/α-hetero) is 3. The molecule has 6 atom stereocenters. The Labute approximate surface area is 293 Å². The molecule has 1 saturated heterocycles. The SMILES string of the molecule is CC(C)CC(C)(CC(=O)C[C@H](C(=O)N1CC2[C@@H]([C@H]1C(=O)CC(CC1CC1)C(=O)C(N)=O)C2(C)C)C(C)(C)C)CS(=O)(=O)Cc1ccccc1. The zero-order valence-electron chi connectivity index (χ0n) is 30.8. The summed E-state index contributed by atoms with van der Waals surface area (Å²) in [5.74, 6) is -3.65. The van der Waals surface area contributed by atoms with E-state index in [2.05, 4.69) is 13.8 Å². The van der Waals surface area contributed by atoms with E-state index in [0.717, 1.165) is 12.8 Å². The Kier molecular flexibility index (Phi) is 11.4. The van der Waals surface area contributed by atoms with E-state index in [1.807, 2.05) is 47.6 Å². The number of nitrogens with two attached hydrogens (primary N) is 1. The maximum absolute atomic E-state index is 14.5. The van der Waals surface area contributed by atoms with Gasteiger partial charge in [0.2, 0.25) is 11.7 Å². The second-order valence-corrected chi connectivity index (χ2v) is 20.0. The quantitative estimate of drug-likeness (QED) is 0.197. The Morgan fingerprint density at radius 1 is 0.980 bits per heavy atom. The van der Waals surface area contributed by atoms with Crippen molar-refractivity contribution in [1.29, 1.82) is 0 Å². The molecule has 3 unspecified atom stereocenters. The van der Waals surface area contributed by atoms with Crippen LogP contribution < -0.4 is 5.73 Å². The van der Waals surface area contributed by atoms with E-state index in [9.17, 15) is 32.4 Å². The lowest BCUT2D eigenvalue weighted by Gasteiger charge is -2.38. The van der Waals surface area contributed by atoms with E-state index in [1.54, 1.807) is 29.2 Å². The van der Waals surface area contributed by atoms with Crippen LogP contribution in [0.25, 0.3) is 0 Å². The molecule has 0 radical (unpaired) electrons. The van der Waals surface area contributed by atoms with Gasteiger partial charge in [-0.1, -0.05) is 98.6 Å². The monoisotopic (exact) mass is 698 g/mol. The Hall–Kier alpha value is -2.88. The molecule has 1 aliphatic heterocycles. The Morgan fingerprint density at radius 2 is 1.59 bits per heavy atom. The minimum absolute atomic E-state index is 0.0256. The van der Waals surface area contributed by atoms with Crippen molar-refractivity contribution in [1.82, 2.24) is 4.90 Å². The van der Waals surface area contributed by atoms with Gasteiger partial charge in [-0.15, -0.1) is 0 Å². The van der Waals surface area contributed by atoms with Gasteiger partial charge in [0.25, 0.3) is 5.91 Å². The number of primary amides is 1. The molecule has 9 nitrogen and oxygen atoms in total. The molecule has 3 fully saturated rings. The van der Waals surface area contributed by atoms with Gasteiger partial charge in [-0.25, -0.2) is 8.42 Å². The van der Waals surface area contributed by atoms with Crippen molar-refractivity contribution in [3.05, 3.63) is 35.9 Å². The number of carbonyl (C=O) groups excluding carboxylic acids is 5. The first-order valence-corrected chi connectivity index (χ1v) is 19.8. The van der Waals surface area contributed by atoms with Crippen LogP contribution in [0.3, 0.4) is 0 Å². The summed E-state index contributed by atoms with van der Waals surface area (Å²) in [5, 5.41) is 0. The lowest BCUT2D eigenvalue weighted by Crippen LogP contribution is -2.51. The van der Waals surface area contributed by atoms with Crippen molar-refractivity contribution in [3.8, 4) is 0 Å². The number of ketones is 3. The summed E-state index contributed by atoms with van der Waals surface area (Å²) in [6, 6.07) is 8.29. The topological polar surface area (TPSA) is 149 Å². The van der Waals surface area contributed by atoms with E-state index in [-0.39, 0.29) is 71.4 Å². The highest BCUT2D eigenvalue weighted by Crippen LogP contribution is 2.65. The van der Waals surface area contributed by atoms with Gasteiger partial charge in [0, 0.05) is 37.6 Å². The van der Waals surface area contributed by atoms with Crippen LogP contribution in [0.15, 0.2) is 30.3 Å². The van der Waals surface area contributed by atoms with Crippen LogP contribution in [0, 0.1) is 51.8 Å². The smallest absolute Gasteiger partial charge is 0.285 e. The van der Waals surface area contributed by atoms with Crippen LogP contribution in [0.2, 0.25) is 0 Å². The number of piperidine rings is 1. The Balaban J connectivity index is 1.53. The van der Waals surface area contributed by atoms with Crippen molar-refractivity contribution in [2.45, 2.75) is 112 Å². The summed E-state index contributed by atoms with van der Waals surface area (Å²) in [6.07, 6.45) is 2.73. The van der Waals surface area contributed by atoms with Gasteiger partial charge in [-0.3, -0.25) is 24.0 Å². The number of hydrogen-bond donors (Lipinski definition) is 1. The number of carbonyl (C=O) groups is 5. The number of benzene rings is 1. The summed E-state index contributed by atoms with van der Waals surface area (Å²) in [7, 11) is -3.54. The highest BCUT2D eigenvalue weighted by atomic mass is 32.2. The van der Waals surface area contributed by atoms with Gasteiger partial charge in [-0.05, 0) is 58.3 Å². The average molecular weight is 699 g/mol. The lowest BCUT2D eigenvalue weighted by molar-refractivity contribution is -0.148. The zero-order chi connectivity index (χ0) is 36.7. The zero-order valence-corrected chi connectivity index (χ0v) is 31.6. The molecule has 0 spiro atoms. The number of rotatable bonds is 18. The summed E-state index contributed by atoms with van der Waals surface area (Å²) >= 11 is 0. The number of nitrogens with zero attached hydrogens (tertiary/aromatic N) is 1. The minimum Gasteiger partial charge on any atom is -0.363 e. The number of amides is 2. The second-order valence-electron chi connectivity index (χ2n) is 17.9. The van der Waals surface area contributed by atoms with Gasteiger partial charge < -0.3 is 10.6 Å². The standard InChI is InChI=1S/C39H58N2O7S/c1-24(2)19-39(8,23-49(47,48)22-26-12-10-9-11-13-26)20-28(42)18-29(37(3,4)5)36(46)41-21-30-32(38(30,6)7)33(41)31(43)17-27(16-25-14-15-25)34(44)35(40)45/h9-13,24-25,27,29-30,32-33H,14-23H2,1-8H3,(H2,40,45)/t27?,29-,30?,32+,33-,39?/m1/s1. The molecule has 10 heteroatoms. The van der Waals surface area contributed by atoms with Crippen molar-refractivity contribution in [2.24, 2.45) is 57.5 Å². The van der Waals surface area contributed by atoms with Crippen LogP contribution in [0.1, 0.15) is 106 Å². The third-order valence-corrected chi connectivity index (χ3v) is 13.2. The van der Waals surface area contributed by atoms with Crippen LogP contribution in [-0.4, -0.2) is 60.8 Å². The molecule has 1 heterocycles. The first kappa shape index (κ1) is 38.9. The van der Waals surface area contributed by atoms with Crippen molar-refractivity contribution in [3.63, 3.8) is 0 Å². The first-order valence-electron chi connectivity index (χ1n) is 18.0. The van der Waals surface area contributed by atoms with Crippen LogP contribution in [-0.2, 0) is 39.6 Å².